The standard InChI is InChI=1S/C11H24N2O2/c1-4-5-7-10(12)11(14)13(2)8-6-9-15-3/h10H,4-9,12H2,1-3H3. The number of likely N-dealkylation sites (N-methyl/N-ethyl adjacent to an activating group) is 1. The number of methoxy groups -OCH3 is 1. The van der Waals surface area contributed by atoms with E-state index in [1.807, 2.05) is 0 Å². The first-order valence-electron chi connectivity index (χ1n) is 5.63. The Morgan fingerprint density at radius 3 is 2.67 bits per heavy atom. The lowest BCUT2D eigenvalue weighted by atomic mass is 10.1. The van der Waals surface area contributed by atoms with E-state index in [1.54, 1.807) is 19.1 Å². The molecule has 2 N–H and O–H groups in total. The van der Waals surface area contributed by atoms with E-state index >= 15 is 0 Å². The number of amides is 1. The number of ether oxygens (including phenoxy) is 1. The van der Waals surface area contributed by atoms with Gasteiger partial charge in [-0.3, -0.25) is 4.79 Å². The van der Waals surface area contributed by atoms with Gasteiger partial charge in [0.15, 0.2) is 0 Å². The van der Waals surface area contributed by atoms with Crippen LogP contribution in [0.25, 0.3) is 0 Å². The molecule has 0 aromatic rings. The Morgan fingerprint density at radius 1 is 1.47 bits per heavy atom. The van der Waals surface area contributed by atoms with E-state index in [0.29, 0.717) is 13.2 Å². The molecule has 0 aliphatic rings. The minimum absolute atomic E-state index is 0.0413. The second kappa shape index (κ2) is 8.68. The minimum atomic E-state index is -0.336. The van der Waals surface area contributed by atoms with E-state index in [2.05, 4.69) is 6.92 Å². The van der Waals surface area contributed by atoms with Crippen molar-refractivity contribution in [3.63, 3.8) is 0 Å². The summed E-state index contributed by atoms with van der Waals surface area (Å²) in [5.41, 5.74) is 5.79. The fraction of sp³-hybridized carbons (Fsp3) is 0.909. The summed E-state index contributed by atoms with van der Waals surface area (Å²) < 4.78 is 4.93. The van der Waals surface area contributed by atoms with Crippen molar-refractivity contribution in [2.24, 2.45) is 5.73 Å². The second-order valence-corrected chi connectivity index (χ2v) is 3.85. The predicted molar refractivity (Wildman–Crippen MR) is 61.6 cm³/mol. The summed E-state index contributed by atoms with van der Waals surface area (Å²) in [5.74, 6) is 0.0413. The maximum atomic E-state index is 11.7. The molecule has 0 aromatic carbocycles. The van der Waals surface area contributed by atoms with E-state index in [1.165, 1.54) is 0 Å². The number of hydrogen-bond donors (Lipinski definition) is 1. The molecule has 1 atom stereocenters. The number of unbranched alkanes of at least 4 members (excludes halogenated alkanes) is 1. The van der Waals surface area contributed by atoms with Crippen LogP contribution in [-0.2, 0) is 9.53 Å². The molecule has 4 nitrogen and oxygen atoms in total. The number of nitrogens with two attached hydrogens (primary N) is 1. The van der Waals surface area contributed by atoms with Crippen LogP contribution in [0.4, 0.5) is 0 Å². The highest BCUT2D eigenvalue weighted by atomic mass is 16.5. The molecular weight excluding hydrogens is 192 g/mol. The van der Waals surface area contributed by atoms with Crippen molar-refractivity contribution in [3.05, 3.63) is 0 Å². The maximum absolute atomic E-state index is 11.7. The Morgan fingerprint density at radius 2 is 2.13 bits per heavy atom. The number of rotatable bonds is 8. The summed E-state index contributed by atoms with van der Waals surface area (Å²) in [6, 6.07) is -0.336. The number of hydrogen-bond acceptors (Lipinski definition) is 3. The predicted octanol–water partition coefficient (Wildman–Crippen LogP) is 0.999. The second-order valence-electron chi connectivity index (χ2n) is 3.85. The molecule has 0 aliphatic heterocycles. The molecule has 0 saturated heterocycles. The highest BCUT2D eigenvalue weighted by Crippen LogP contribution is 2.01. The minimum Gasteiger partial charge on any atom is -0.385 e. The summed E-state index contributed by atoms with van der Waals surface area (Å²) in [5, 5.41) is 0. The molecule has 0 bridgehead atoms. The van der Waals surface area contributed by atoms with Crippen molar-refractivity contribution >= 4 is 5.91 Å². The van der Waals surface area contributed by atoms with Crippen molar-refractivity contribution in [3.8, 4) is 0 Å². The molecule has 0 aromatic heterocycles. The molecule has 15 heavy (non-hydrogen) atoms. The molecule has 90 valence electrons. The van der Waals surface area contributed by atoms with Crippen LogP contribution in [-0.4, -0.2) is 44.2 Å². The third kappa shape index (κ3) is 6.47. The van der Waals surface area contributed by atoms with Gasteiger partial charge in [-0.05, 0) is 12.8 Å². The van der Waals surface area contributed by atoms with E-state index in [4.69, 9.17) is 10.5 Å². The zero-order valence-corrected chi connectivity index (χ0v) is 10.2. The van der Waals surface area contributed by atoms with Gasteiger partial charge in [-0.1, -0.05) is 19.8 Å². The molecule has 0 radical (unpaired) electrons. The lowest BCUT2D eigenvalue weighted by Gasteiger charge is -2.21. The van der Waals surface area contributed by atoms with Crippen LogP contribution in [0.5, 0.6) is 0 Å². The van der Waals surface area contributed by atoms with Gasteiger partial charge in [0.1, 0.15) is 0 Å². The first kappa shape index (κ1) is 14.4. The van der Waals surface area contributed by atoms with Gasteiger partial charge >= 0.3 is 0 Å². The SMILES string of the molecule is CCCCC(N)C(=O)N(C)CCCOC. The van der Waals surface area contributed by atoms with Crippen LogP contribution < -0.4 is 5.73 Å². The quantitative estimate of drug-likeness (QED) is 0.616. The number of nitrogens with zero attached hydrogens (tertiary/aromatic N) is 1. The third-order valence-electron chi connectivity index (χ3n) is 2.40. The Hall–Kier alpha value is -0.610. The Labute approximate surface area is 92.8 Å². The van der Waals surface area contributed by atoms with E-state index in [9.17, 15) is 4.79 Å². The zero-order chi connectivity index (χ0) is 11.7. The summed E-state index contributed by atoms with van der Waals surface area (Å²) in [6.45, 7) is 3.49. The topological polar surface area (TPSA) is 55.6 Å². The molecule has 0 saturated carbocycles. The van der Waals surface area contributed by atoms with Gasteiger partial charge in [0.2, 0.25) is 5.91 Å². The Bertz CT molecular complexity index is 174. The lowest BCUT2D eigenvalue weighted by molar-refractivity contribution is -0.131. The molecule has 4 heteroatoms. The zero-order valence-electron chi connectivity index (χ0n) is 10.2. The van der Waals surface area contributed by atoms with Gasteiger partial charge in [-0.2, -0.15) is 0 Å². The van der Waals surface area contributed by atoms with Crippen molar-refractivity contribution in [2.45, 2.75) is 38.6 Å². The first-order chi connectivity index (χ1) is 7.13. The normalized spacial score (nSPS) is 12.5. The molecule has 1 unspecified atom stereocenters. The fourth-order valence-electron chi connectivity index (χ4n) is 1.39. The summed E-state index contributed by atoms with van der Waals surface area (Å²) in [7, 11) is 3.46. The molecule has 0 aliphatic carbocycles. The van der Waals surface area contributed by atoms with Crippen molar-refractivity contribution in [1.29, 1.82) is 0 Å². The summed E-state index contributed by atoms with van der Waals surface area (Å²) in [4.78, 5) is 13.4. The van der Waals surface area contributed by atoms with Crippen LogP contribution in [0.15, 0.2) is 0 Å². The summed E-state index contributed by atoms with van der Waals surface area (Å²) >= 11 is 0. The first-order valence-corrected chi connectivity index (χ1v) is 5.63. The van der Waals surface area contributed by atoms with Crippen LogP contribution in [0.2, 0.25) is 0 Å². The smallest absolute Gasteiger partial charge is 0.239 e. The molecule has 1 amide bonds. The van der Waals surface area contributed by atoms with E-state index in [-0.39, 0.29) is 11.9 Å². The van der Waals surface area contributed by atoms with Crippen LogP contribution in [0.1, 0.15) is 32.6 Å². The fourth-order valence-corrected chi connectivity index (χ4v) is 1.39. The summed E-state index contributed by atoms with van der Waals surface area (Å²) in [6.07, 6.45) is 3.73. The van der Waals surface area contributed by atoms with Crippen LogP contribution in [0, 0.1) is 0 Å². The van der Waals surface area contributed by atoms with Crippen LogP contribution >= 0.6 is 0 Å². The monoisotopic (exact) mass is 216 g/mol. The lowest BCUT2D eigenvalue weighted by Crippen LogP contribution is -2.42. The molecular formula is C11H24N2O2. The molecule has 0 fully saturated rings. The number of carbonyl (C=O) groups excluding carboxylic acids is 1. The molecule has 0 spiro atoms. The highest BCUT2D eigenvalue weighted by molar-refractivity contribution is 5.81. The van der Waals surface area contributed by atoms with E-state index < -0.39 is 0 Å². The van der Waals surface area contributed by atoms with Gasteiger partial charge in [-0.25, -0.2) is 0 Å². The van der Waals surface area contributed by atoms with Gasteiger partial charge < -0.3 is 15.4 Å². The molecule has 0 rings (SSSR count). The van der Waals surface area contributed by atoms with Gasteiger partial charge in [-0.15, -0.1) is 0 Å². The number of carbonyl (C=O) groups is 1. The third-order valence-corrected chi connectivity index (χ3v) is 2.40. The molecule has 0 heterocycles. The van der Waals surface area contributed by atoms with Gasteiger partial charge in [0.05, 0.1) is 6.04 Å². The van der Waals surface area contributed by atoms with E-state index in [0.717, 1.165) is 25.7 Å². The van der Waals surface area contributed by atoms with Crippen molar-refractivity contribution in [2.75, 3.05) is 27.3 Å². The average Bonchev–Trinajstić information content (AvgIpc) is 2.24. The van der Waals surface area contributed by atoms with Crippen molar-refractivity contribution in [1.82, 2.24) is 4.90 Å². The average molecular weight is 216 g/mol. The Kier molecular flexibility index (Phi) is 8.33. The van der Waals surface area contributed by atoms with Crippen LogP contribution in [0.3, 0.4) is 0 Å². The largest absolute Gasteiger partial charge is 0.385 e. The van der Waals surface area contributed by atoms with Gasteiger partial charge in [0, 0.05) is 27.3 Å². The van der Waals surface area contributed by atoms with Crippen molar-refractivity contribution < 1.29 is 9.53 Å². The maximum Gasteiger partial charge on any atom is 0.239 e. The van der Waals surface area contributed by atoms with Gasteiger partial charge in [0.25, 0.3) is 0 Å². The Balaban J connectivity index is 3.75. The highest BCUT2D eigenvalue weighted by Gasteiger charge is 2.16.